The van der Waals surface area contributed by atoms with Crippen molar-refractivity contribution < 1.29 is 168 Å². The summed E-state index contributed by atoms with van der Waals surface area (Å²) in [6.45, 7) is 0.821. The first-order chi connectivity index (χ1) is 59.3. The van der Waals surface area contributed by atoms with Gasteiger partial charge in [0.1, 0.15) is 103 Å². The Bertz CT molecular complexity index is 3010. The van der Waals surface area contributed by atoms with Gasteiger partial charge in [-0.05, 0) is 45.4 Å². The molecule has 21 N–H and O–H groups in total. The first kappa shape index (κ1) is 110. The second kappa shape index (κ2) is 59.2. The van der Waals surface area contributed by atoms with E-state index in [9.17, 15) is 121 Å². The van der Waals surface area contributed by atoms with Crippen LogP contribution in [0.2, 0.25) is 0 Å². The number of hydrogen-bond acceptors (Lipinski definition) is 32. The van der Waals surface area contributed by atoms with Gasteiger partial charge in [0, 0.05) is 45.4 Å². The van der Waals surface area contributed by atoms with Crippen molar-refractivity contribution in [3.05, 3.63) is 12.2 Å². The monoisotopic (exact) mass is 1790 g/mol. The van der Waals surface area contributed by atoms with Gasteiger partial charge in [-0.2, -0.15) is 0 Å². The molecule has 37 heteroatoms. The summed E-state index contributed by atoms with van der Waals surface area (Å²) in [5.74, 6) is -15.8. The predicted octanol–water partition coefficient (Wildman–Crippen LogP) is 2.52. The number of carboxylic acid groups (broad SMARTS) is 2. The highest BCUT2D eigenvalue weighted by Gasteiger charge is 2.64. The van der Waals surface area contributed by atoms with Crippen LogP contribution in [0.1, 0.15) is 285 Å². The van der Waals surface area contributed by atoms with Crippen LogP contribution in [0.25, 0.3) is 0 Å². The fraction of sp³-hybridized carbons (Fsp3) is 0.908. The van der Waals surface area contributed by atoms with Crippen LogP contribution in [-0.4, -0.2) is 338 Å². The fourth-order valence-corrected chi connectivity index (χ4v) is 17.1. The second-order valence-corrected chi connectivity index (χ2v) is 34.6. The highest BCUT2D eigenvalue weighted by Crippen LogP contribution is 2.43. The van der Waals surface area contributed by atoms with E-state index in [0.717, 1.165) is 91.4 Å². The highest BCUT2D eigenvalue weighted by atomic mass is 16.8. The maximum Gasteiger partial charge on any atom is 0.364 e. The minimum atomic E-state index is -3.57. The molecule has 29 unspecified atom stereocenters. The summed E-state index contributed by atoms with van der Waals surface area (Å²) in [7, 11) is 0. The molecule has 5 heterocycles. The Morgan fingerprint density at radius 1 is 0.452 bits per heavy atom. The summed E-state index contributed by atoms with van der Waals surface area (Å²) in [5.41, 5.74) is 0. The SMILES string of the molecule is CCCCCCCCC=CCCCCCCCCCCCCCCCC(=O)NC(COC1OC(CO)C(OC2OC(CO)C(OC3OC(CO)C(O)C(O)C3CC(C)=O)C(OC3(C(=O)O)CC(O)C(NC(C)=O)C(C(O)C(CO)OC4(C(=O)O)CC(O)C(NC(C)=O)C(C(O)C(O)CO)O4)O3)C2O)C(O)C1O)C(O)CCCCCCCCCCCCCCC. The minimum absolute atomic E-state index is 0.137. The number of aliphatic carboxylic acids is 2. The number of carbonyl (C=O) groups is 6. The van der Waals surface area contributed by atoms with Crippen molar-refractivity contribution in [1.29, 1.82) is 0 Å². The van der Waals surface area contributed by atoms with Gasteiger partial charge in [0.25, 0.3) is 11.6 Å². The van der Waals surface area contributed by atoms with E-state index in [1.165, 1.54) is 135 Å². The summed E-state index contributed by atoms with van der Waals surface area (Å²) in [5, 5.41) is 211. The first-order valence-electron chi connectivity index (χ1n) is 45.9. The molecule has 29 atom stereocenters. The van der Waals surface area contributed by atoms with Crippen LogP contribution in [0, 0.1) is 5.92 Å². The van der Waals surface area contributed by atoms with Gasteiger partial charge in [-0.15, -0.1) is 0 Å². The van der Waals surface area contributed by atoms with E-state index in [1.807, 2.05) is 0 Å². The summed E-state index contributed by atoms with van der Waals surface area (Å²) >= 11 is 0. The van der Waals surface area contributed by atoms with E-state index in [4.69, 9.17) is 47.4 Å². The number of carboxylic acids is 2. The van der Waals surface area contributed by atoms with E-state index < -0.39 is 265 Å². The number of aliphatic hydroxyl groups excluding tert-OH is 16. The number of unbranched alkanes of at least 4 members (excludes halogenated alkanes) is 31. The van der Waals surface area contributed by atoms with Crippen LogP contribution in [0.4, 0.5) is 0 Å². The van der Waals surface area contributed by atoms with Crippen molar-refractivity contribution in [3.8, 4) is 0 Å². The van der Waals surface area contributed by atoms with Crippen LogP contribution < -0.4 is 16.0 Å². The van der Waals surface area contributed by atoms with Gasteiger partial charge >= 0.3 is 11.9 Å². The van der Waals surface area contributed by atoms with Gasteiger partial charge in [-0.1, -0.05) is 212 Å². The molecule has 5 aliphatic rings. The predicted molar refractivity (Wildman–Crippen MR) is 445 cm³/mol. The summed E-state index contributed by atoms with van der Waals surface area (Å²) in [6, 6.07) is -4.87. The molecular formula is C87H155N3O34. The van der Waals surface area contributed by atoms with Gasteiger partial charge in [0.2, 0.25) is 17.7 Å². The number of allylic oxidation sites excluding steroid dienone is 2. The van der Waals surface area contributed by atoms with Crippen molar-refractivity contribution in [3.63, 3.8) is 0 Å². The molecule has 0 bridgehead atoms. The number of hydrogen-bond donors (Lipinski definition) is 21. The molecule has 0 aromatic heterocycles. The van der Waals surface area contributed by atoms with E-state index >= 15 is 0 Å². The third kappa shape index (κ3) is 35.4. The number of Topliss-reactive ketones (excluding diaryl/α,β-unsaturated/α-hetero) is 1. The molecule has 722 valence electrons. The Hall–Kier alpha value is -4.28. The first-order valence-corrected chi connectivity index (χ1v) is 45.9. The highest BCUT2D eigenvalue weighted by molar-refractivity contribution is 5.78. The third-order valence-electron chi connectivity index (χ3n) is 24.3. The Balaban J connectivity index is 1.36. The second-order valence-electron chi connectivity index (χ2n) is 34.6. The quantitative estimate of drug-likeness (QED) is 0.0307. The number of ether oxygens (including phenoxy) is 10. The lowest BCUT2D eigenvalue weighted by Crippen LogP contribution is -2.72. The molecule has 5 aliphatic heterocycles. The van der Waals surface area contributed by atoms with Gasteiger partial charge in [-0.3, -0.25) is 14.4 Å². The third-order valence-corrected chi connectivity index (χ3v) is 24.3. The Morgan fingerprint density at radius 3 is 1.34 bits per heavy atom. The van der Waals surface area contributed by atoms with Gasteiger partial charge < -0.3 is 160 Å². The topological polar surface area (TPSA) is 595 Å². The Morgan fingerprint density at radius 2 is 0.879 bits per heavy atom. The zero-order valence-corrected chi connectivity index (χ0v) is 73.6. The molecule has 0 radical (unpaired) electrons. The number of carbonyl (C=O) groups excluding carboxylic acids is 4. The molecule has 5 rings (SSSR count). The van der Waals surface area contributed by atoms with Crippen LogP contribution in [0.5, 0.6) is 0 Å². The number of amides is 3. The van der Waals surface area contributed by atoms with E-state index in [0.29, 0.717) is 12.8 Å². The molecule has 0 aromatic rings. The molecule has 37 nitrogen and oxygen atoms in total. The normalized spacial score (nSPS) is 32.0. The number of rotatable bonds is 65. The number of ketones is 1. The standard InChI is InChI=1S/C87H155N3O34/c1-6-8-10-12-14-16-18-20-21-22-23-24-25-26-27-28-29-31-33-35-37-39-41-43-66(103)90-57(58(99)42-40-38-36-34-32-30-19-17-15-13-11-9-7-2)52-115-82-74(109)73(108)76(64(50-94)117-82)119-83-75(110)80(77(65(51-95)118-83)120-81-56(44-53(3)96)69(104)71(106)62(48-92)116-81)124-87(85(113)114)46-60(101)68(89-55(5)98)79(123-87)72(107)63(49-93)121-86(84(111)112)45-59(100)67(88-54(4)97)78(122-86)70(105)61(102)47-91/h20-21,56-65,67-83,91-95,99-102,104-110H,6-19,22-52H2,1-5H3,(H,88,97)(H,89,98)(H,90,103)(H,111,112)(H,113,114). The van der Waals surface area contributed by atoms with Crippen LogP contribution >= 0.6 is 0 Å². The van der Waals surface area contributed by atoms with Crippen LogP contribution in [0.15, 0.2) is 12.2 Å². The molecule has 5 fully saturated rings. The van der Waals surface area contributed by atoms with Crippen molar-refractivity contribution in [2.45, 2.75) is 456 Å². The lowest BCUT2D eigenvalue weighted by molar-refractivity contribution is -0.404. The summed E-state index contributed by atoms with van der Waals surface area (Å²) in [4.78, 5) is 79.4. The maximum atomic E-state index is 14.2. The molecule has 0 aromatic carbocycles. The largest absolute Gasteiger partial charge is 0.477 e. The Labute approximate surface area is 729 Å². The van der Waals surface area contributed by atoms with Gasteiger partial charge in [-0.25, -0.2) is 9.59 Å². The molecule has 124 heavy (non-hydrogen) atoms. The molecule has 0 spiro atoms. The number of aliphatic hydroxyl groups is 16. The van der Waals surface area contributed by atoms with Crippen molar-refractivity contribution >= 4 is 35.4 Å². The van der Waals surface area contributed by atoms with Crippen LogP contribution in [0.3, 0.4) is 0 Å². The zero-order valence-electron chi connectivity index (χ0n) is 73.6. The van der Waals surface area contributed by atoms with E-state index in [-0.39, 0.29) is 18.7 Å². The average molecular weight is 1790 g/mol. The van der Waals surface area contributed by atoms with Gasteiger partial charge in [0.15, 0.2) is 18.9 Å². The lowest BCUT2D eigenvalue weighted by atomic mass is 9.86. The fourth-order valence-electron chi connectivity index (χ4n) is 17.1. The molecule has 0 saturated carbocycles. The zero-order chi connectivity index (χ0) is 91.5. The maximum absolute atomic E-state index is 14.2. The smallest absolute Gasteiger partial charge is 0.364 e. The molecule has 0 aliphatic carbocycles. The minimum Gasteiger partial charge on any atom is -0.477 e. The summed E-state index contributed by atoms with van der Waals surface area (Å²) < 4.78 is 60.3. The van der Waals surface area contributed by atoms with Crippen LogP contribution in [-0.2, 0) is 76.1 Å². The van der Waals surface area contributed by atoms with Crippen molar-refractivity contribution in [2.75, 3.05) is 39.6 Å². The van der Waals surface area contributed by atoms with E-state index in [2.05, 4.69) is 41.9 Å². The molecular weight excluding hydrogens is 1630 g/mol. The van der Waals surface area contributed by atoms with Crippen molar-refractivity contribution in [2.24, 2.45) is 5.92 Å². The Kier molecular flexibility index (Phi) is 52.6. The number of nitrogens with one attached hydrogen (secondary N) is 3. The molecule has 3 amide bonds. The van der Waals surface area contributed by atoms with E-state index in [1.54, 1.807) is 0 Å². The summed E-state index contributed by atoms with van der Waals surface area (Å²) in [6.07, 6.45) is -8.84. The average Bonchev–Trinajstić information content (AvgIpc) is 0.746. The van der Waals surface area contributed by atoms with Gasteiger partial charge in [0.05, 0.1) is 82.2 Å². The molecule has 5 saturated heterocycles. The van der Waals surface area contributed by atoms with Crippen molar-refractivity contribution in [1.82, 2.24) is 16.0 Å². The lowest BCUT2D eigenvalue weighted by Gasteiger charge is -2.52.